The number of rotatable bonds is 6. The average Bonchev–Trinajstić information content (AvgIpc) is 2.60. The van der Waals surface area contributed by atoms with E-state index in [1.807, 2.05) is 36.4 Å². The molecule has 2 N–H and O–H groups in total. The molecular formula is C17H17BrN2O3S. The van der Waals surface area contributed by atoms with E-state index < -0.39 is 0 Å². The van der Waals surface area contributed by atoms with Gasteiger partial charge in [0.1, 0.15) is 5.75 Å². The van der Waals surface area contributed by atoms with Gasteiger partial charge in [0, 0.05) is 9.37 Å². The van der Waals surface area contributed by atoms with E-state index in [0.717, 1.165) is 20.7 Å². The van der Waals surface area contributed by atoms with Gasteiger partial charge in [-0.3, -0.25) is 20.4 Å². The quantitative estimate of drug-likeness (QED) is 0.569. The van der Waals surface area contributed by atoms with E-state index in [0.29, 0.717) is 0 Å². The van der Waals surface area contributed by atoms with Crippen LogP contribution in [0.2, 0.25) is 0 Å². The third-order valence-electron chi connectivity index (χ3n) is 3.05. The topological polar surface area (TPSA) is 67.4 Å². The number of hydrogen-bond donors (Lipinski definition) is 2. The molecule has 2 aromatic rings. The van der Waals surface area contributed by atoms with Gasteiger partial charge in [-0.2, -0.15) is 0 Å². The summed E-state index contributed by atoms with van der Waals surface area (Å²) in [6.07, 6.45) is 0.185. The Labute approximate surface area is 153 Å². The monoisotopic (exact) mass is 408 g/mol. The number of carbonyl (C=O) groups excluding carboxylic acids is 2. The predicted molar refractivity (Wildman–Crippen MR) is 97.8 cm³/mol. The van der Waals surface area contributed by atoms with Gasteiger partial charge in [0.15, 0.2) is 0 Å². The van der Waals surface area contributed by atoms with E-state index in [2.05, 4.69) is 26.8 Å². The third kappa shape index (κ3) is 6.25. The molecule has 0 radical (unpaired) electrons. The zero-order chi connectivity index (χ0) is 17.4. The van der Waals surface area contributed by atoms with Crippen LogP contribution in [-0.4, -0.2) is 24.7 Å². The highest BCUT2D eigenvalue weighted by molar-refractivity contribution is 9.10. The fraction of sp³-hybridized carbons (Fsp3) is 0.176. The fourth-order valence-electron chi connectivity index (χ4n) is 1.83. The minimum absolute atomic E-state index is 0.185. The number of nitrogens with one attached hydrogen (secondary N) is 2. The van der Waals surface area contributed by atoms with E-state index in [1.54, 1.807) is 19.2 Å². The lowest BCUT2D eigenvalue weighted by Crippen LogP contribution is -2.43. The molecule has 7 heteroatoms. The van der Waals surface area contributed by atoms with Gasteiger partial charge in [0.2, 0.25) is 11.8 Å². The number of methoxy groups -OCH3 is 1. The molecule has 0 unspecified atom stereocenters. The number of halogens is 1. The maximum Gasteiger partial charge on any atom is 0.248 e. The van der Waals surface area contributed by atoms with Crippen molar-refractivity contribution in [3.05, 3.63) is 58.6 Å². The first-order valence-corrected chi connectivity index (χ1v) is 8.93. The first-order chi connectivity index (χ1) is 11.6. The zero-order valence-corrected chi connectivity index (χ0v) is 15.4. The Kier molecular flexibility index (Phi) is 7.14. The van der Waals surface area contributed by atoms with E-state index in [9.17, 15) is 9.59 Å². The van der Waals surface area contributed by atoms with Crippen molar-refractivity contribution in [2.75, 3.05) is 12.9 Å². The Bertz CT molecular complexity index is 690. The van der Waals surface area contributed by atoms with Gasteiger partial charge in [-0.25, -0.2) is 0 Å². The van der Waals surface area contributed by atoms with Gasteiger partial charge < -0.3 is 4.74 Å². The van der Waals surface area contributed by atoms with Gasteiger partial charge in [0.25, 0.3) is 0 Å². The number of ether oxygens (including phenoxy) is 1. The number of amides is 2. The van der Waals surface area contributed by atoms with Crippen molar-refractivity contribution in [1.29, 1.82) is 0 Å². The van der Waals surface area contributed by atoms with Crippen LogP contribution in [0.1, 0.15) is 5.56 Å². The molecular weight excluding hydrogens is 392 g/mol. The largest absolute Gasteiger partial charge is 0.497 e. The van der Waals surface area contributed by atoms with Gasteiger partial charge in [-0.15, -0.1) is 11.8 Å². The van der Waals surface area contributed by atoms with Gasteiger partial charge in [0.05, 0.1) is 19.3 Å². The van der Waals surface area contributed by atoms with E-state index >= 15 is 0 Å². The van der Waals surface area contributed by atoms with Crippen molar-refractivity contribution in [3.8, 4) is 5.75 Å². The van der Waals surface area contributed by atoms with Gasteiger partial charge in [-0.1, -0.05) is 28.1 Å². The molecule has 0 aliphatic rings. The second-order valence-electron chi connectivity index (χ2n) is 4.86. The summed E-state index contributed by atoms with van der Waals surface area (Å²) in [4.78, 5) is 24.5. The highest BCUT2D eigenvalue weighted by Gasteiger charge is 2.07. The minimum Gasteiger partial charge on any atom is -0.497 e. The third-order valence-corrected chi connectivity index (χ3v) is 4.59. The molecule has 24 heavy (non-hydrogen) atoms. The van der Waals surface area contributed by atoms with Crippen LogP contribution in [0.4, 0.5) is 0 Å². The lowest BCUT2D eigenvalue weighted by atomic mass is 10.1. The smallest absolute Gasteiger partial charge is 0.248 e. The predicted octanol–water partition coefficient (Wildman–Crippen LogP) is 2.94. The molecule has 0 aliphatic carbocycles. The summed E-state index contributed by atoms with van der Waals surface area (Å²) < 4.78 is 6.05. The van der Waals surface area contributed by atoms with Crippen LogP contribution in [0.5, 0.6) is 5.75 Å². The Morgan fingerprint density at radius 3 is 2.25 bits per heavy atom. The van der Waals surface area contributed by atoms with Crippen molar-refractivity contribution in [1.82, 2.24) is 10.9 Å². The van der Waals surface area contributed by atoms with Crippen molar-refractivity contribution in [3.63, 3.8) is 0 Å². The summed E-state index contributed by atoms with van der Waals surface area (Å²) >= 11 is 4.76. The van der Waals surface area contributed by atoms with Crippen LogP contribution in [0.15, 0.2) is 57.9 Å². The number of thioether (sulfide) groups is 1. The molecule has 0 heterocycles. The zero-order valence-electron chi connectivity index (χ0n) is 13.0. The van der Waals surface area contributed by atoms with Crippen molar-refractivity contribution >= 4 is 39.5 Å². The maximum absolute atomic E-state index is 11.8. The van der Waals surface area contributed by atoms with Crippen molar-refractivity contribution in [2.24, 2.45) is 0 Å². The molecule has 5 nitrogen and oxygen atoms in total. The second-order valence-corrected chi connectivity index (χ2v) is 6.83. The average molecular weight is 409 g/mol. The lowest BCUT2D eigenvalue weighted by molar-refractivity contribution is -0.127. The molecule has 0 aliphatic heterocycles. The number of carbonyl (C=O) groups is 2. The normalized spacial score (nSPS) is 10.1. The number of hydrazine groups is 1. The highest BCUT2D eigenvalue weighted by Crippen LogP contribution is 2.20. The Balaban J connectivity index is 1.70. The van der Waals surface area contributed by atoms with Crippen molar-refractivity contribution in [2.45, 2.75) is 11.3 Å². The first kappa shape index (κ1) is 18.4. The van der Waals surface area contributed by atoms with Crippen LogP contribution in [0, 0.1) is 0 Å². The summed E-state index contributed by atoms with van der Waals surface area (Å²) in [6.45, 7) is 0. The summed E-state index contributed by atoms with van der Waals surface area (Å²) in [7, 11) is 1.59. The van der Waals surface area contributed by atoms with Gasteiger partial charge in [-0.05, 0) is 42.0 Å². The summed E-state index contributed by atoms with van der Waals surface area (Å²) in [6, 6.07) is 14.9. The SMILES string of the molecule is COc1ccc(CC(=O)NNC(=O)CSc2ccc(Br)cc2)cc1. The first-order valence-electron chi connectivity index (χ1n) is 7.16. The summed E-state index contributed by atoms with van der Waals surface area (Å²) in [5, 5.41) is 0. The van der Waals surface area contributed by atoms with Crippen LogP contribution >= 0.6 is 27.7 Å². The Morgan fingerprint density at radius 1 is 1.00 bits per heavy atom. The number of hydrogen-bond acceptors (Lipinski definition) is 4. The van der Waals surface area contributed by atoms with Crippen LogP contribution in [0.3, 0.4) is 0 Å². The second kappa shape index (κ2) is 9.34. The molecule has 2 rings (SSSR count). The summed E-state index contributed by atoms with van der Waals surface area (Å²) in [5.41, 5.74) is 5.67. The summed E-state index contributed by atoms with van der Waals surface area (Å²) in [5.74, 6) is 0.426. The molecule has 0 saturated carbocycles. The standard InChI is InChI=1S/C17H17BrN2O3S/c1-23-14-6-2-12(3-7-14)10-16(21)19-20-17(22)11-24-15-8-4-13(18)5-9-15/h2-9H,10-11H2,1H3,(H,19,21)(H,20,22). The van der Waals surface area contributed by atoms with Crippen LogP contribution < -0.4 is 15.6 Å². The minimum atomic E-state index is -0.276. The molecule has 0 saturated heterocycles. The van der Waals surface area contributed by atoms with Crippen molar-refractivity contribution < 1.29 is 14.3 Å². The highest BCUT2D eigenvalue weighted by atomic mass is 79.9. The number of benzene rings is 2. The van der Waals surface area contributed by atoms with E-state index in [4.69, 9.17) is 4.74 Å². The Morgan fingerprint density at radius 2 is 1.62 bits per heavy atom. The molecule has 0 fully saturated rings. The van der Waals surface area contributed by atoms with Gasteiger partial charge >= 0.3 is 0 Å². The fourth-order valence-corrected chi connectivity index (χ4v) is 2.79. The molecule has 0 atom stereocenters. The molecule has 0 aromatic heterocycles. The molecule has 0 spiro atoms. The molecule has 126 valence electrons. The van der Waals surface area contributed by atoms with Crippen LogP contribution in [-0.2, 0) is 16.0 Å². The van der Waals surface area contributed by atoms with Crippen LogP contribution in [0.25, 0.3) is 0 Å². The van der Waals surface area contributed by atoms with E-state index in [-0.39, 0.29) is 24.0 Å². The van der Waals surface area contributed by atoms with E-state index in [1.165, 1.54) is 11.8 Å². The molecule has 2 aromatic carbocycles. The molecule has 0 bridgehead atoms. The maximum atomic E-state index is 11.8. The molecule has 2 amide bonds. The lowest BCUT2D eigenvalue weighted by Gasteiger charge is -2.08. The Hall–Kier alpha value is -1.99.